The van der Waals surface area contributed by atoms with Gasteiger partial charge in [0.05, 0.1) is 13.2 Å². The minimum Gasteiger partial charge on any atom is -0.480 e. The molecule has 0 aromatic heterocycles. The van der Waals surface area contributed by atoms with E-state index in [9.17, 15) is 0 Å². The lowest BCUT2D eigenvalue weighted by molar-refractivity contribution is 0.255. The monoisotopic (exact) mass is 292 g/mol. The maximum atomic E-state index is 5.80. The van der Waals surface area contributed by atoms with Crippen LogP contribution in [0.1, 0.15) is 40.5 Å². The van der Waals surface area contributed by atoms with E-state index in [-0.39, 0.29) is 6.04 Å². The second kappa shape index (κ2) is 8.01. The number of ether oxygens (including phenoxy) is 2. The Morgan fingerprint density at radius 3 is 2.14 bits per heavy atom. The Bertz CT molecular complexity index is 415. The lowest BCUT2D eigenvalue weighted by Crippen LogP contribution is -2.46. The van der Waals surface area contributed by atoms with Crippen LogP contribution in [0.25, 0.3) is 0 Å². The minimum absolute atomic E-state index is 0.0887. The lowest BCUT2D eigenvalue weighted by Gasteiger charge is -2.35. The predicted molar refractivity (Wildman–Crippen MR) is 89.1 cm³/mol. The molecule has 0 fully saturated rings. The van der Waals surface area contributed by atoms with Gasteiger partial charge < -0.3 is 9.47 Å². The van der Waals surface area contributed by atoms with Crippen LogP contribution >= 0.6 is 0 Å². The van der Waals surface area contributed by atoms with Gasteiger partial charge in [-0.3, -0.25) is 0 Å². The highest BCUT2D eigenvalue weighted by atomic mass is 16.5. The van der Waals surface area contributed by atoms with Crippen LogP contribution in [0.4, 0.5) is 0 Å². The molecule has 0 saturated carbocycles. The largest absolute Gasteiger partial charge is 0.480 e. The van der Waals surface area contributed by atoms with Crippen molar-refractivity contribution in [3.05, 3.63) is 25.3 Å². The van der Waals surface area contributed by atoms with Gasteiger partial charge in [-0.15, -0.1) is 13.2 Å². The summed E-state index contributed by atoms with van der Waals surface area (Å²) < 4.78 is 11.6. The molecule has 118 valence electrons. The first-order valence-corrected chi connectivity index (χ1v) is 7.70. The smallest absolute Gasteiger partial charge is 0.213 e. The molecular formula is C17H28N2O2. The van der Waals surface area contributed by atoms with Gasteiger partial charge in [0, 0.05) is 0 Å². The standard InChI is InChI=1S/C17H28N2O2/c1-7-11-17(12-8-2)16(21-10-4)18-14(13(5)6)15(19-17)20-9-3/h7-8,13-14H,1-2,9-12H2,3-6H3/t14-/m1/s1. The molecule has 1 rings (SSSR count). The van der Waals surface area contributed by atoms with Gasteiger partial charge in [-0.2, -0.15) is 0 Å². The molecule has 4 nitrogen and oxygen atoms in total. The van der Waals surface area contributed by atoms with Crippen molar-refractivity contribution in [2.24, 2.45) is 15.9 Å². The molecule has 0 aromatic rings. The maximum absolute atomic E-state index is 5.80. The van der Waals surface area contributed by atoms with E-state index >= 15 is 0 Å². The summed E-state index contributed by atoms with van der Waals surface area (Å²) in [5.74, 6) is 1.67. The number of hydrogen-bond acceptors (Lipinski definition) is 4. The third-order valence-electron chi connectivity index (χ3n) is 3.40. The van der Waals surface area contributed by atoms with E-state index in [0.717, 1.165) is 0 Å². The van der Waals surface area contributed by atoms with Crippen LogP contribution in [0.15, 0.2) is 35.3 Å². The van der Waals surface area contributed by atoms with Crippen molar-refractivity contribution in [1.29, 1.82) is 0 Å². The fraction of sp³-hybridized carbons (Fsp3) is 0.647. The fourth-order valence-corrected chi connectivity index (χ4v) is 2.46. The van der Waals surface area contributed by atoms with Crippen LogP contribution in [0.2, 0.25) is 0 Å². The first-order chi connectivity index (χ1) is 10.0. The van der Waals surface area contributed by atoms with Crippen LogP contribution < -0.4 is 0 Å². The van der Waals surface area contributed by atoms with Crippen LogP contribution in [-0.2, 0) is 9.47 Å². The molecule has 1 aliphatic heterocycles. The molecule has 0 saturated heterocycles. The molecule has 0 radical (unpaired) electrons. The van der Waals surface area contributed by atoms with Gasteiger partial charge in [-0.25, -0.2) is 9.98 Å². The molecule has 0 amide bonds. The SMILES string of the molecule is C=CCC1(CC=C)N=C(OCC)[C@@H](C(C)C)N=C1OCC. The van der Waals surface area contributed by atoms with Crippen molar-refractivity contribution in [2.75, 3.05) is 13.2 Å². The highest BCUT2D eigenvalue weighted by molar-refractivity contribution is 5.97. The number of nitrogens with zero attached hydrogens (tertiary/aromatic N) is 2. The first kappa shape index (κ1) is 17.5. The zero-order valence-corrected chi connectivity index (χ0v) is 13.8. The molecule has 21 heavy (non-hydrogen) atoms. The Balaban J connectivity index is 3.31. The topological polar surface area (TPSA) is 43.2 Å². The molecule has 0 unspecified atom stereocenters. The number of aliphatic imine (C=N–C) groups is 2. The van der Waals surface area contributed by atoms with Gasteiger partial charge in [0.1, 0.15) is 11.6 Å². The minimum atomic E-state index is -0.560. The molecular weight excluding hydrogens is 264 g/mol. The zero-order valence-electron chi connectivity index (χ0n) is 13.8. The Morgan fingerprint density at radius 1 is 1.14 bits per heavy atom. The average molecular weight is 292 g/mol. The molecule has 4 heteroatoms. The number of rotatable bonds is 7. The van der Waals surface area contributed by atoms with Crippen molar-refractivity contribution in [1.82, 2.24) is 0 Å². The summed E-state index contributed by atoms with van der Waals surface area (Å²) in [4.78, 5) is 9.69. The summed E-state index contributed by atoms with van der Waals surface area (Å²) in [7, 11) is 0. The van der Waals surface area contributed by atoms with Crippen LogP contribution in [-0.4, -0.2) is 36.6 Å². The average Bonchev–Trinajstić information content (AvgIpc) is 2.42. The molecule has 0 N–H and O–H groups in total. The Morgan fingerprint density at radius 2 is 1.71 bits per heavy atom. The summed E-state index contributed by atoms with van der Waals surface area (Å²) in [6, 6.07) is -0.0887. The number of hydrogen-bond donors (Lipinski definition) is 0. The second-order valence-corrected chi connectivity index (χ2v) is 5.46. The Labute approximate surface area is 128 Å². The van der Waals surface area contributed by atoms with E-state index in [2.05, 4.69) is 27.0 Å². The van der Waals surface area contributed by atoms with Crippen LogP contribution in [0, 0.1) is 5.92 Å². The van der Waals surface area contributed by atoms with E-state index in [4.69, 9.17) is 19.5 Å². The molecule has 1 aliphatic rings. The van der Waals surface area contributed by atoms with E-state index in [0.29, 0.717) is 43.8 Å². The summed E-state index contributed by atoms with van der Waals surface area (Å²) in [6.45, 7) is 17.0. The van der Waals surface area contributed by atoms with Gasteiger partial charge in [0.25, 0.3) is 0 Å². The molecule has 0 aliphatic carbocycles. The van der Waals surface area contributed by atoms with Crippen molar-refractivity contribution in [2.45, 2.75) is 52.1 Å². The normalized spacial score (nSPS) is 20.5. The first-order valence-electron chi connectivity index (χ1n) is 7.70. The predicted octanol–water partition coefficient (Wildman–Crippen LogP) is 3.79. The highest BCUT2D eigenvalue weighted by Gasteiger charge is 2.42. The van der Waals surface area contributed by atoms with Crippen molar-refractivity contribution < 1.29 is 9.47 Å². The van der Waals surface area contributed by atoms with Gasteiger partial charge in [0.15, 0.2) is 0 Å². The molecule has 0 spiro atoms. The van der Waals surface area contributed by atoms with Gasteiger partial charge >= 0.3 is 0 Å². The molecule has 0 bridgehead atoms. The summed E-state index contributed by atoms with van der Waals surface area (Å²) in [6.07, 6.45) is 5.00. The van der Waals surface area contributed by atoms with Crippen molar-refractivity contribution >= 4 is 11.8 Å². The third kappa shape index (κ3) is 3.96. The van der Waals surface area contributed by atoms with Crippen molar-refractivity contribution in [3.63, 3.8) is 0 Å². The summed E-state index contributed by atoms with van der Waals surface area (Å²) in [5.41, 5.74) is -0.560. The maximum Gasteiger partial charge on any atom is 0.213 e. The molecule has 1 atom stereocenters. The Kier molecular flexibility index (Phi) is 6.66. The van der Waals surface area contributed by atoms with Crippen LogP contribution in [0.3, 0.4) is 0 Å². The van der Waals surface area contributed by atoms with Crippen LogP contribution in [0.5, 0.6) is 0 Å². The lowest BCUT2D eigenvalue weighted by atomic mass is 9.88. The quantitative estimate of drug-likeness (QED) is 0.670. The van der Waals surface area contributed by atoms with E-state index in [1.54, 1.807) is 0 Å². The van der Waals surface area contributed by atoms with Gasteiger partial charge in [-0.1, -0.05) is 26.0 Å². The molecule has 0 aromatic carbocycles. The molecule has 1 heterocycles. The van der Waals surface area contributed by atoms with E-state index in [1.807, 2.05) is 26.0 Å². The van der Waals surface area contributed by atoms with Gasteiger partial charge in [0.2, 0.25) is 11.8 Å². The highest BCUT2D eigenvalue weighted by Crippen LogP contribution is 2.31. The zero-order chi connectivity index (χ0) is 15.9. The Hall–Kier alpha value is -1.58. The van der Waals surface area contributed by atoms with Gasteiger partial charge in [-0.05, 0) is 32.6 Å². The summed E-state index contributed by atoms with van der Waals surface area (Å²) >= 11 is 0. The fourth-order valence-electron chi connectivity index (χ4n) is 2.46. The van der Waals surface area contributed by atoms with E-state index in [1.165, 1.54) is 0 Å². The van der Waals surface area contributed by atoms with E-state index < -0.39 is 5.54 Å². The third-order valence-corrected chi connectivity index (χ3v) is 3.40. The van der Waals surface area contributed by atoms with Crippen molar-refractivity contribution in [3.8, 4) is 0 Å². The summed E-state index contributed by atoms with van der Waals surface area (Å²) in [5, 5.41) is 0. The second-order valence-electron chi connectivity index (χ2n) is 5.46.